The number of carbonyl (C=O) groups is 1. The van der Waals surface area contributed by atoms with Crippen molar-refractivity contribution in [1.29, 1.82) is 0 Å². The highest BCUT2D eigenvalue weighted by Gasteiger charge is 2.40. The van der Waals surface area contributed by atoms with Crippen molar-refractivity contribution in [1.82, 2.24) is 10.2 Å². The van der Waals surface area contributed by atoms with Gasteiger partial charge in [0.05, 0.1) is 13.0 Å². The number of hydrogen-bond donors (Lipinski definition) is 1. The molecule has 0 bridgehead atoms. The highest BCUT2D eigenvalue weighted by molar-refractivity contribution is 5.81. The fraction of sp³-hybridized carbons (Fsp3) is 0.600. The monoisotopic (exact) mass is 343 g/mol. The molecule has 0 spiro atoms. The second-order valence-corrected chi connectivity index (χ2v) is 7.03. The van der Waals surface area contributed by atoms with Gasteiger partial charge in [-0.3, -0.25) is 9.79 Å². The first-order valence-electron chi connectivity index (χ1n) is 9.33. The van der Waals surface area contributed by atoms with Gasteiger partial charge in [-0.1, -0.05) is 24.3 Å². The molecular formula is C20H29N3O2. The van der Waals surface area contributed by atoms with E-state index in [0.29, 0.717) is 12.0 Å². The second kappa shape index (κ2) is 7.89. The van der Waals surface area contributed by atoms with Gasteiger partial charge in [0.2, 0.25) is 0 Å². The summed E-state index contributed by atoms with van der Waals surface area (Å²) in [6, 6.07) is 9.10. The van der Waals surface area contributed by atoms with Gasteiger partial charge >= 0.3 is 5.97 Å². The number of guanidine groups is 1. The minimum Gasteiger partial charge on any atom is -0.469 e. The molecule has 5 heteroatoms. The molecule has 1 aliphatic carbocycles. The number of aliphatic imine (C=N–C) groups is 1. The van der Waals surface area contributed by atoms with E-state index in [4.69, 9.17) is 4.74 Å². The van der Waals surface area contributed by atoms with Crippen molar-refractivity contribution in [3.05, 3.63) is 35.4 Å². The van der Waals surface area contributed by atoms with E-state index in [0.717, 1.165) is 44.9 Å². The molecule has 1 N–H and O–H groups in total. The van der Waals surface area contributed by atoms with E-state index in [9.17, 15) is 4.79 Å². The summed E-state index contributed by atoms with van der Waals surface area (Å²) in [6.07, 6.45) is 2.83. The number of likely N-dealkylation sites (tertiary alicyclic amines) is 1. The van der Waals surface area contributed by atoms with Gasteiger partial charge < -0.3 is 15.0 Å². The Morgan fingerprint density at radius 2 is 2.04 bits per heavy atom. The summed E-state index contributed by atoms with van der Waals surface area (Å²) in [4.78, 5) is 18.7. The molecule has 3 rings (SSSR count). The van der Waals surface area contributed by atoms with E-state index >= 15 is 0 Å². The first-order chi connectivity index (χ1) is 12.1. The quantitative estimate of drug-likeness (QED) is 0.519. The second-order valence-electron chi connectivity index (χ2n) is 7.03. The summed E-state index contributed by atoms with van der Waals surface area (Å²) >= 11 is 0. The summed E-state index contributed by atoms with van der Waals surface area (Å²) < 4.78 is 4.88. The number of carbonyl (C=O) groups excluding carboxylic acids is 1. The number of ether oxygens (including phenoxy) is 1. The SMILES string of the molecule is CCN=C(NC1CC1c1ccccc1C)N1CCC(C(=O)OC)CC1. The van der Waals surface area contributed by atoms with Crippen LogP contribution in [-0.4, -0.2) is 49.6 Å². The van der Waals surface area contributed by atoms with E-state index in [2.05, 4.69) is 53.3 Å². The standard InChI is InChI=1S/C20H29N3O2/c1-4-21-20(23-11-9-15(10-12-23)19(24)25-3)22-18-13-17(18)16-8-6-5-7-14(16)2/h5-8,15,17-18H,4,9-13H2,1-3H3,(H,21,22). The first kappa shape index (κ1) is 17.8. The van der Waals surface area contributed by atoms with Crippen LogP contribution in [0.3, 0.4) is 0 Å². The molecular weight excluding hydrogens is 314 g/mol. The molecule has 2 unspecified atom stereocenters. The number of nitrogens with one attached hydrogen (secondary N) is 1. The van der Waals surface area contributed by atoms with Gasteiger partial charge in [0.25, 0.3) is 0 Å². The summed E-state index contributed by atoms with van der Waals surface area (Å²) in [5.41, 5.74) is 2.81. The van der Waals surface area contributed by atoms with E-state index in [1.54, 1.807) is 0 Å². The van der Waals surface area contributed by atoms with Gasteiger partial charge in [0, 0.05) is 31.6 Å². The van der Waals surface area contributed by atoms with Crippen LogP contribution >= 0.6 is 0 Å². The predicted octanol–water partition coefficient (Wildman–Crippen LogP) is 2.70. The Morgan fingerprint density at radius 3 is 2.68 bits per heavy atom. The largest absolute Gasteiger partial charge is 0.469 e. The average Bonchev–Trinajstić information content (AvgIpc) is 3.40. The highest BCUT2D eigenvalue weighted by atomic mass is 16.5. The van der Waals surface area contributed by atoms with Crippen LogP contribution in [0.5, 0.6) is 0 Å². The zero-order chi connectivity index (χ0) is 17.8. The third kappa shape index (κ3) is 4.14. The van der Waals surface area contributed by atoms with E-state index in [1.807, 2.05) is 0 Å². The predicted molar refractivity (Wildman–Crippen MR) is 99.7 cm³/mol. The third-order valence-corrected chi connectivity index (χ3v) is 5.33. The fourth-order valence-corrected chi connectivity index (χ4v) is 3.75. The van der Waals surface area contributed by atoms with Gasteiger partial charge in [0.1, 0.15) is 0 Å². The third-order valence-electron chi connectivity index (χ3n) is 5.33. The Hall–Kier alpha value is -2.04. The number of benzene rings is 1. The molecule has 1 aromatic carbocycles. The average molecular weight is 343 g/mol. The molecule has 1 saturated carbocycles. The molecule has 25 heavy (non-hydrogen) atoms. The topological polar surface area (TPSA) is 53.9 Å². The lowest BCUT2D eigenvalue weighted by atomic mass is 9.97. The highest BCUT2D eigenvalue weighted by Crippen LogP contribution is 2.42. The summed E-state index contributed by atoms with van der Waals surface area (Å²) in [7, 11) is 1.47. The number of piperidine rings is 1. The van der Waals surface area contributed by atoms with Crippen LogP contribution in [0.15, 0.2) is 29.3 Å². The normalized spacial score (nSPS) is 24.1. The van der Waals surface area contributed by atoms with E-state index in [1.165, 1.54) is 18.2 Å². The van der Waals surface area contributed by atoms with Gasteiger partial charge in [-0.05, 0) is 44.2 Å². The van der Waals surface area contributed by atoms with Crippen LogP contribution in [0.25, 0.3) is 0 Å². The van der Waals surface area contributed by atoms with Crippen molar-refractivity contribution in [2.24, 2.45) is 10.9 Å². The van der Waals surface area contributed by atoms with Crippen molar-refractivity contribution < 1.29 is 9.53 Å². The van der Waals surface area contributed by atoms with Crippen LogP contribution < -0.4 is 5.32 Å². The Morgan fingerprint density at radius 1 is 1.32 bits per heavy atom. The Labute approximate surface area is 150 Å². The van der Waals surface area contributed by atoms with Gasteiger partial charge in [-0.15, -0.1) is 0 Å². The van der Waals surface area contributed by atoms with Crippen molar-refractivity contribution >= 4 is 11.9 Å². The minimum atomic E-state index is -0.0802. The molecule has 136 valence electrons. The van der Waals surface area contributed by atoms with Gasteiger partial charge in [-0.2, -0.15) is 0 Å². The maximum Gasteiger partial charge on any atom is 0.308 e. The molecule has 1 heterocycles. The molecule has 1 saturated heterocycles. The van der Waals surface area contributed by atoms with Crippen molar-refractivity contribution in [3.63, 3.8) is 0 Å². The van der Waals surface area contributed by atoms with Gasteiger partial charge in [-0.25, -0.2) is 0 Å². The van der Waals surface area contributed by atoms with Crippen molar-refractivity contribution in [3.8, 4) is 0 Å². The molecule has 2 aliphatic rings. The number of rotatable bonds is 4. The molecule has 2 fully saturated rings. The Balaban J connectivity index is 1.58. The maximum atomic E-state index is 11.7. The van der Waals surface area contributed by atoms with Crippen molar-refractivity contribution in [2.45, 2.75) is 45.1 Å². The van der Waals surface area contributed by atoms with Crippen LogP contribution in [0.1, 0.15) is 43.2 Å². The molecule has 0 aromatic heterocycles. The van der Waals surface area contributed by atoms with Crippen LogP contribution in [-0.2, 0) is 9.53 Å². The number of esters is 1. The molecule has 2 atom stereocenters. The lowest BCUT2D eigenvalue weighted by Gasteiger charge is -2.33. The van der Waals surface area contributed by atoms with Crippen molar-refractivity contribution in [2.75, 3.05) is 26.7 Å². The molecule has 0 radical (unpaired) electrons. The maximum absolute atomic E-state index is 11.7. The molecule has 5 nitrogen and oxygen atoms in total. The number of aryl methyl sites for hydroxylation is 1. The summed E-state index contributed by atoms with van der Waals surface area (Å²) in [5.74, 6) is 1.52. The summed E-state index contributed by atoms with van der Waals surface area (Å²) in [6.45, 7) is 6.72. The lowest BCUT2D eigenvalue weighted by Crippen LogP contribution is -2.47. The Kier molecular flexibility index (Phi) is 5.61. The van der Waals surface area contributed by atoms with E-state index < -0.39 is 0 Å². The fourth-order valence-electron chi connectivity index (χ4n) is 3.75. The number of hydrogen-bond acceptors (Lipinski definition) is 3. The minimum absolute atomic E-state index is 0.0322. The van der Waals surface area contributed by atoms with Crippen LogP contribution in [0.2, 0.25) is 0 Å². The number of nitrogens with zero attached hydrogens (tertiary/aromatic N) is 2. The summed E-state index contributed by atoms with van der Waals surface area (Å²) in [5, 5.41) is 3.66. The first-order valence-corrected chi connectivity index (χ1v) is 9.33. The van der Waals surface area contributed by atoms with Gasteiger partial charge in [0.15, 0.2) is 5.96 Å². The molecule has 1 aliphatic heterocycles. The lowest BCUT2D eigenvalue weighted by molar-refractivity contribution is -0.146. The molecule has 1 aromatic rings. The number of methoxy groups -OCH3 is 1. The zero-order valence-corrected chi connectivity index (χ0v) is 15.5. The van der Waals surface area contributed by atoms with E-state index in [-0.39, 0.29) is 11.9 Å². The molecule has 0 amide bonds. The smallest absolute Gasteiger partial charge is 0.308 e. The zero-order valence-electron chi connectivity index (χ0n) is 15.5. The van der Waals surface area contributed by atoms with Crippen LogP contribution in [0.4, 0.5) is 0 Å². The Bertz CT molecular complexity index is 636. The van der Waals surface area contributed by atoms with Crippen LogP contribution in [0, 0.1) is 12.8 Å².